The van der Waals surface area contributed by atoms with Gasteiger partial charge >= 0.3 is 0 Å². The number of nitrogens with zero attached hydrogens (tertiary/aromatic N) is 2. The number of nitro groups is 1. The van der Waals surface area contributed by atoms with Gasteiger partial charge < -0.3 is 9.47 Å². The number of rotatable bonds is 8. The number of carbonyl (C=O) groups excluding carboxylic acids is 2. The van der Waals surface area contributed by atoms with E-state index >= 15 is 0 Å². The summed E-state index contributed by atoms with van der Waals surface area (Å²) in [5.74, 6) is 0.512. The van der Waals surface area contributed by atoms with Crippen LogP contribution in [0.2, 0.25) is 0 Å². The number of imide groups is 1. The highest BCUT2D eigenvalue weighted by Crippen LogP contribution is 2.36. The Labute approximate surface area is 213 Å². The molecule has 35 heavy (non-hydrogen) atoms. The van der Waals surface area contributed by atoms with E-state index in [2.05, 4.69) is 15.9 Å². The second-order valence-corrected chi connectivity index (χ2v) is 9.39. The molecule has 1 fully saturated rings. The minimum Gasteiger partial charge on any atom is -0.493 e. The molecule has 0 aliphatic carbocycles. The Morgan fingerprint density at radius 1 is 1.06 bits per heavy atom. The summed E-state index contributed by atoms with van der Waals surface area (Å²) < 4.78 is 12.3. The summed E-state index contributed by atoms with van der Waals surface area (Å²) in [5.41, 5.74) is 1.76. The molecule has 8 nitrogen and oxygen atoms in total. The van der Waals surface area contributed by atoms with E-state index in [4.69, 9.17) is 9.47 Å². The quantitative estimate of drug-likeness (QED) is 0.186. The van der Waals surface area contributed by atoms with Crippen molar-refractivity contribution in [2.24, 2.45) is 0 Å². The zero-order valence-corrected chi connectivity index (χ0v) is 20.9. The lowest BCUT2D eigenvalue weighted by Gasteiger charge is -2.13. The first-order valence-electron chi connectivity index (χ1n) is 10.4. The Morgan fingerprint density at radius 2 is 1.80 bits per heavy atom. The minimum absolute atomic E-state index is 0.141. The van der Waals surface area contributed by atoms with Crippen molar-refractivity contribution in [1.29, 1.82) is 0 Å². The molecule has 3 aromatic rings. The Kier molecular flexibility index (Phi) is 7.52. The molecule has 1 aliphatic rings. The van der Waals surface area contributed by atoms with Crippen LogP contribution in [0.3, 0.4) is 0 Å². The van der Waals surface area contributed by atoms with E-state index in [0.717, 1.165) is 26.7 Å². The summed E-state index contributed by atoms with van der Waals surface area (Å²) >= 11 is 4.19. The molecule has 0 aromatic heterocycles. The molecule has 2 amide bonds. The molecule has 0 spiro atoms. The van der Waals surface area contributed by atoms with Gasteiger partial charge in [0, 0.05) is 16.1 Å². The second kappa shape index (κ2) is 10.7. The van der Waals surface area contributed by atoms with Gasteiger partial charge in [0.25, 0.3) is 16.8 Å². The number of halogens is 1. The molecule has 10 heteroatoms. The number of para-hydroxylation sites is 1. The van der Waals surface area contributed by atoms with Crippen LogP contribution < -0.4 is 9.47 Å². The second-order valence-electron chi connectivity index (χ2n) is 7.48. The number of hydrogen-bond acceptors (Lipinski definition) is 7. The Hall–Kier alpha value is -3.63. The van der Waals surface area contributed by atoms with E-state index in [0.29, 0.717) is 23.7 Å². The number of amides is 2. The van der Waals surface area contributed by atoms with Gasteiger partial charge in [-0.05, 0) is 53.2 Å². The standard InChI is InChI=1S/C25H19BrN2O6S/c1-33-21-11-8-17(12-22(21)34-15-16-6-9-19(26)10-7-16)13-23-24(29)27(25(30)35-23)14-18-4-2-3-5-20(18)28(31)32/h2-13H,14-15H2,1H3/b23-13-. The number of methoxy groups -OCH3 is 1. The third-order valence-electron chi connectivity index (χ3n) is 5.18. The molecule has 4 rings (SSSR count). The number of ether oxygens (including phenoxy) is 2. The smallest absolute Gasteiger partial charge is 0.293 e. The first-order valence-corrected chi connectivity index (χ1v) is 12.0. The molecule has 0 bridgehead atoms. The normalized spacial score (nSPS) is 14.5. The van der Waals surface area contributed by atoms with Crippen LogP contribution in [-0.2, 0) is 17.9 Å². The van der Waals surface area contributed by atoms with Gasteiger partial charge in [-0.15, -0.1) is 0 Å². The van der Waals surface area contributed by atoms with Crippen LogP contribution in [0.4, 0.5) is 10.5 Å². The molecular formula is C25H19BrN2O6S. The first kappa shape index (κ1) is 24.5. The summed E-state index contributed by atoms with van der Waals surface area (Å²) in [7, 11) is 1.54. The van der Waals surface area contributed by atoms with Crippen molar-refractivity contribution in [2.75, 3.05) is 7.11 Å². The first-order chi connectivity index (χ1) is 16.9. The van der Waals surface area contributed by atoms with E-state index in [1.54, 1.807) is 30.3 Å². The van der Waals surface area contributed by atoms with Crippen LogP contribution in [-0.4, -0.2) is 28.1 Å². The van der Waals surface area contributed by atoms with E-state index < -0.39 is 16.1 Å². The van der Waals surface area contributed by atoms with Gasteiger partial charge in [-0.3, -0.25) is 24.6 Å². The van der Waals surface area contributed by atoms with Crippen molar-refractivity contribution in [2.45, 2.75) is 13.2 Å². The van der Waals surface area contributed by atoms with Crippen molar-refractivity contribution in [3.63, 3.8) is 0 Å². The molecule has 0 atom stereocenters. The third-order valence-corrected chi connectivity index (χ3v) is 6.62. The molecule has 0 unspecified atom stereocenters. The highest BCUT2D eigenvalue weighted by atomic mass is 79.9. The van der Waals surface area contributed by atoms with Crippen molar-refractivity contribution in [3.8, 4) is 11.5 Å². The lowest BCUT2D eigenvalue weighted by Crippen LogP contribution is -2.27. The van der Waals surface area contributed by atoms with Gasteiger partial charge in [0.15, 0.2) is 11.5 Å². The number of hydrogen-bond donors (Lipinski definition) is 0. The average molecular weight is 555 g/mol. The number of carbonyl (C=O) groups is 2. The van der Waals surface area contributed by atoms with Gasteiger partial charge in [0.2, 0.25) is 0 Å². The summed E-state index contributed by atoms with van der Waals surface area (Å²) in [4.78, 5) is 37.4. The third kappa shape index (κ3) is 5.72. The number of thioether (sulfide) groups is 1. The van der Waals surface area contributed by atoms with Crippen molar-refractivity contribution in [3.05, 3.63) is 103 Å². The maximum absolute atomic E-state index is 12.9. The van der Waals surface area contributed by atoms with Gasteiger partial charge in [-0.2, -0.15) is 0 Å². The fraction of sp³-hybridized carbons (Fsp3) is 0.120. The highest BCUT2D eigenvalue weighted by molar-refractivity contribution is 9.10. The molecule has 3 aromatic carbocycles. The van der Waals surface area contributed by atoms with Crippen LogP contribution in [0.15, 0.2) is 76.1 Å². The Morgan fingerprint density at radius 3 is 2.51 bits per heavy atom. The summed E-state index contributed by atoms with van der Waals surface area (Å²) in [6, 6.07) is 19.0. The van der Waals surface area contributed by atoms with E-state index in [9.17, 15) is 19.7 Å². The monoisotopic (exact) mass is 554 g/mol. The van der Waals surface area contributed by atoms with Gasteiger partial charge in [-0.1, -0.05) is 52.3 Å². The van der Waals surface area contributed by atoms with E-state index in [1.807, 2.05) is 24.3 Å². The molecular weight excluding hydrogens is 536 g/mol. The van der Waals surface area contributed by atoms with Crippen LogP contribution >= 0.6 is 27.7 Å². The molecule has 178 valence electrons. The molecule has 0 radical (unpaired) electrons. The summed E-state index contributed by atoms with van der Waals surface area (Å²) in [5, 5.41) is 10.8. The zero-order chi connectivity index (χ0) is 24.9. The van der Waals surface area contributed by atoms with Crippen LogP contribution in [0.25, 0.3) is 6.08 Å². The lowest BCUT2D eigenvalue weighted by atomic mass is 10.1. The average Bonchev–Trinajstić information content (AvgIpc) is 3.11. The lowest BCUT2D eigenvalue weighted by molar-refractivity contribution is -0.385. The summed E-state index contributed by atoms with van der Waals surface area (Å²) in [6.45, 7) is 0.142. The van der Waals surface area contributed by atoms with Crippen LogP contribution in [0.5, 0.6) is 11.5 Å². The number of nitro benzene ring substituents is 1. The highest BCUT2D eigenvalue weighted by Gasteiger charge is 2.36. The maximum Gasteiger partial charge on any atom is 0.293 e. The van der Waals surface area contributed by atoms with Gasteiger partial charge in [-0.25, -0.2) is 0 Å². The molecule has 0 N–H and O–H groups in total. The SMILES string of the molecule is COc1ccc(/C=C2\SC(=O)N(Cc3ccccc3[N+](=O)[O-])C2=O)cc1OCc1ccc(Br)cc1. The fourth-order valence-corrected chi connectivity index (χ4v) is 4.52. The van der Waals surface area contributed by atoms with Crippen LogP contribution in [0.1, 0.15) is 16.7 Å². The van der Waals surface area contributed by atoms with Crippen LogP contribution in [0, 0.1) is 10.1 Å². The minimum atomic E-state index is -0.530. The Bertz CT molecular complexity index is 1330. The van der Waals surface area contributed by atoms with Crippen molar-refractivity contribution in [1.82, 2.24) is 4.90 Å². The summed E-state index contributed by atoms with van der Waals surface area (Å²) in [6.07, 6.45) is 1.59. The van der Waals surface area contributed by atoms with Gasteiger partial charge in [0.1, 0.15) is 6.61 Å². The Balaban J connectivity index is 1.53. The van der Waals surface area contributed by atoms with Crippen molar-refractivity contribution >= 4 is 50.6 Å². The zero-order valence-electron chi connectivity index (χ0n) is 18.5. The molecule has 0 saturated carbocycles. The molecule has 1 aliphatic heterocycles. The predicted octanol–water partition coefficient (Wildman–Crippen LogP) is 6.18. The van der Waals surface area contributed by atoms with E-state index in [-0.39, 0.29) is 22.7 Å². The predicted molar refractivity (Wildman–Crippen MR) is 136 cm³/mol. The maximum atomic E-state index is 12.9. The number of benzene rings is 3. The largest absolute Gasteiger partial charge is 0.493 e. The molecule has 1 saturated heterocycles. The topological polar surface area (TPSA) is 99.0 Å². The van der Waals surface area contributed by atoms with Gasteiger partial charge in [0.05, 0.1) is 23.5 Å². The van der Waals surface area contributed by atoms with E-state index in [1.165, 1.54) is 25.3 Å². The van der Waals surface area contributed by atoms with Crippen molar-refractivity contribution < 1.29 is 24.0 Å². The molecule has 1 heterocycles. The fourth-order valence-electron chi connectivity index (χ4n) is 3.42.